The SMILES string of the molecule is CCc1cc2c3c(cc(Cl)c4c5c(Cl)cc6c7c(cc(Cl)c(c1c34)c75)C(=O)N(c1cc3c(cc1C)OCC(C1CCC(C)CC1)CO3)C6=O)C(=O)N(c1cc3c(cc1C)OCC(C1CCC(CC)CC1)CO3)C2=O. The number of hydrogen-bond acceptors (Lipinski definition) is 8. The van der Waals surface area contributed by atoms with E-state index in [0.29, 0.717) is 139 Å². The van der Waals surface area contributed by atoms with Crippen LogP contribution < -0.4 is 28.7 Å². The molecule has 13 rings (SSSR count). The van der Waals surface area contributed by atoms with Gasteiger partial charge in [-0.25, -0.2) is 9.80 Å². The molecule has 4 amide bonds. The molecular formula is C61H57Cl3N2O8. The molecule has 2 aliphatic carbocycles. The van der Waals surface area contributed by atoms with Gasteiger partial charge in [-0.3, -0.25) is 19.2 Å². The third-order valence-corrected chi connectivity index (χ3v) is 18.9. The minimum absolute atomic E-state index is 0.197. The average Bonchev–Trinajstić information content (AvgIpc) is 3.75. The zero-order chi connectivity index (χ0) is 51.2. The first-order valence-corrected chi connectivity index (χ1v) is 27.8. The van der Waals surface area contributed by atoms with E-state index >= 15 is 19.2 Å². The first-order chi connectivity index (χ1) is 35.7. The summed E-state index contributed by atoms with van der Waals surface area (Å²) in [5, 5.41) is 4.75. The summed E-state index contributed by atoms with van der Waals surface area (Å²) in [5.41, 5.74) is 3.90. The molecular weight excluding hydrogens is 995 g/mol. The molecule has 7 aromatic carbocycles. The summed E-state index contributed by atoms with van der Waals surface area (Å²) in [5.74, 6) is 3.03. The van der Waals surface area contributed by atoms with Gasteiger partial charge in [-0.05, 0) is 128 Å². The fourth-order valence-corrected chi connectivity index (χ4v) is 14.7. The number of imide groups is 2. The van der Waals surface area contributed by atoms with Crippen molar-refractivity contribution in [2.75, 3.05) is 36.2 Å². The maximum absolute atomic E-state index is 15.2. The van der Waals surface area contributed by atoms with E-state index in [4.69, 9.17) is 53.8 Å². The molecule has 13 heteroatoms. The summed E-state index contributed by atoms with van der Waals surface area (Å²) in [7, 11) is 0. The first-order valence-electron chi connectivity index (χ1n) is 26.6. The number of fused-ring (bicyclic) bond motifs is 4. The largest absolute Gasteiger partial charge is 0.489 e. The van der Waals surface area contributed by atoms with E-state index in [1.165, 1.54) is 41.9 Å². The van der Waals surface area contributed by atoms with Gasteiger partial charge in [0.25, 0.3) is 23.6 Å². The molecule has 7 aromatic rings. The normalized spacial score (nSPS) is 23.9. The number of benzene rings is 7. The van der Waals surface area contributed by atoms with E-state index < -0.39 is 23.6 Å². The smallest absolute Gasteiger partial charge is 0.266 e. The van der Waals surface area contributed by atoms with Crippen LogP contribution in [0.3, 0.4) is 0 Å². The fraction of sp³-hybridized carbons (Fsp3) is 0.410. The van der Waals surface area contributed by atoms with E-state index in [1.807, 2.05) is 39.0 Å². The Labute approximate surface area is 444 Å². The van der Waals surface area contributed by atoms with Crippen LogP contribution in [0.25, 0.3) is 43.1 Å². The molecule has 2 saturated carbocycles. The van der Waals surface area contributed by atoms with Gasteiger partial charge in [0.2, 0.25) is 0 Å². The number of halogens is 3. The molecule has 6 aliphatic rings. The van der Waals surface area contributed by atoms with Gasteiger partial charge in [0.1, 0.15) is 0 Å². The molecule has 2 unspecified atom stereocenters. The second-order valence-electron chi connectivity index (χ2n) is 22.2. The standard InChI is InChI=1S/C61H57Cl3N2O8/c1-6-31-10-14-34(15-11-31)36-25-72-47-16-29(4)44(22-48(47)74-27-36)65-58(67)37-18-32(7-2)50-53-41(62)19-39-52-40(21-43(64)55(57(52)53)54-42(63)20-38(59(65)68)51(37)56(50)54)61(70)66(60(39)69)45-23-49-46(17-30(45)5)71-24-35(26-73-49)33-12-8-28(3)9-13-33/h16-23,28,31,33-36H,6-15,24-27H2,1-5H3. The zero-order valence-corrected chi connectivity index (χ0v) is 44.5. The van der Waals surface area contributed by atoms with Crippen LogP contribution in [0.15, 0.2) is 48.5 Å². The van der Waals surface area contributed by atoms with Gasteiger partial charge in [-0.2, -0.15) is 0 Å². The highest BCUT2D eigenvalue weighted by Gasteiger charge is 2.42. The van der Waals surface area contributed by atoms with Crippen LogP contribution in [0.1, 0.15) is 137 Å². The third kappa shape index (κ3) is 7.16. The summed E-state index contributed by atoms with van der Waals surface area (Å²) in [4.78, 5) is 62.9. The van der Waals surface area contributed by atoms with Gasteiger partial charge in [0.05, 0.1) is 54.5 Å². The van der Waals surface area contributed by atoms with Crippen LogP contribution in [0, 0.1) is 49.4 Å². The third-order valence-electron chi connectivity index (χ3n) is 18.0. The van der Waals surface area contributed by atoms with Crippen molar-refractivity contribution < 1.29 is 38.1 Å². The molecule has 2 fully saturated rings. The Hall–Kier alpha value is -5.81. The van der Waals surface area contributed by atoms with Crippen molar-refractivity contribution in [2.45, 2.75) is 98.8 Å². The molecule has 4 heterocycles. The second-order valence-corrected chi connectivity index (χ2v) is 23.4. The second kappa shape index (κ2) is 17.9. The summed E-state index contributed by atoms with van der Waals surface area (Å²) in [6.07, 6.45) is 11.1. The van der Waals surface area contributed by atoms with Crippen molar-refractivity contribution in [2.24, 2.45) is 35.5 Å². The predicted octanol–water partition coefficient (Wildman–Crippen LogP) is 15.3. The number of hydrogen-bond donors (Lipinski definition) is 0. The molecule has 0 saturated heterocycles. The lowest BCUT2D eigenvalue weighted by Gasteiger charge is -2.32. The van der Waals surface area contributed by atoms with Crippen molar-refractivity contribution in [1.29, 1.82) is 0 Å². The zero-order valence-electron chi connectivity index (χ0n) is 42.3. The minimum atomic E-state index is -0.552. The van der Waals surface area contributed by atoms with Crippen molar-refractivity contribution >= 4 is 113 Å². The van der Waals surface area contributed by atoms with E-state index in [1.54, 1.807) is 30.3 Å². The fourth-order valence-electron chi connectivity index (χ4n) is 13.8. The number of ether oxygens (including phenoxy) is 4. The molecule has 0 bridgehead atoms. The van der Waals surface area contributed by atoms with E-state index in [-0.39, 0.29) is 43.6 Å². The minimum Gasteiger partial charge on any atom is -0.489 e. The number of amides is 4. The number of nitrogens with zero attached hydrogens (tertiary/aromatic N) is 2. The molecule has 0 spiro atoms. The number of carbonyl (C=O) groups is 4. The maximum atomic E-state index is 15.2. The van der Waals surface area contributed by atoms with Gasteiger partial charge in [-0.15, -0.1) is 0 Å². The topological polar surface area (TPSA) is 112 Å². The predicted molar refractivity (Wildman–Crippen MR) is 293 cm³/mol. The van der Waals surface area contributed by atoms with Gasteiger partial charge >= 0.3 is 0 Å². The van der Waals surface area contributed by atoms with Crippen molar-refractivity contribution in [3.8, 4) is 23.0 Å². The van der Waals surface area contributed by atoms with Crippen LogP contribution in [-0.4, -0.2) is 50.1 Å². The summed E-state index contributed by atoms with van der Waals surface area (Å²) in [6, 6.07) is 13.9. The molecule has 0 N–H and O–H groups in total. The molecule has 0 radical (unpaired) electrons. The van der Waals surface area contributed by atoms with Crippen LogP contribution in [0.2, 0.25) is 15.1 Å². The lowest BCUT2D eigenvalue weighted by molar-refractivity contribution is 0.0877. The summed E-state index contributed by atoms with van der Waals surface area (Å²) in [6.45, 7) is 12.4. The number of aryl methyl sites for hydroxylation is 3. The lowest BCUT2D eigenvalue weighted by Crippen LogP contribution is -2.41. The molecule has 380 valence electrons. The highest BCUT2D eigenvalue weighted by molar-refractivity contribution is 6.55. The van der Waals surface area contributed by atoms with E-state index in [2.05, 4.69) is 13.8 Å². The summed E-state index contributed by atoms with van der Waals surface area (Å²) < 4.78 is 25.7. The van der Waals surface area contributed by atoms with Gasteiger partial charge in [0, 0.05) is 82.3 Å². The quantitative estimate of drug-likeness (QED) is 0.0920. The molecule has 0 aromatic heterocycles. The molecule has 4 aliphatic heterocycles. The number of rotatable bonds is 6. The Kier molecular flexibility index (Phi) is 11.6. The van der Waals surface area contributed by atoms with Gasteiger partial charge < -0.3 is 18.9 Å². The average molecular weight is 1050 g/mol. The van der Waals surface area contributed by atoms with E-state index in [0.717, 1.165) is 43.1 Å². The van der Waals surface area contributed by atoms with Crippen molar-refractivity contribution in [1.82, 2.24) is 0 Å². The van der Waals surface area contributed by atoms with Crippen LogP contribution in [0.4, 0.5) is 11.4 Å². The molecule has 2 atom stereocenters. The Morgan fingerprint density at radius 1 is 0.446 bits per heavy atom. The van der Waals surface area contributed by atoms with Gasteiger partial charge in [0.15, 0.2) is 23.0 Å². The number of anilines is 2. The highest BCUT2D eigenvalue weighted by Crippen LogP contribution is 2.55. The van der Waals surface area contributed by atoms with Crippen molar-refractivity contribution in [3.05, 3.63) is 103 Å². The number of carbonyl (C=O) groups excluding carboxylic acids is 4. The Bertz CT molecular complexity index is 3590. The van der Waals surface area contributed by atoms with Crippen molar-refractivity contribution in [3.63, 3.8) is 0 Å². The Morgan fingerprint density at radius 2 is 0.811 bits per heavy atom. The van der Waals surface area contributed by atoms with Crippen LogP contribution in [-0.2, 0) is 6.42 Å². The Balaban J connectivity index is 0.899. The van der Waals surface area contributed by atoms with E-state index in [9.17, 15) is 0 Å². The molecule has 10 nitrogen and oxygen atoms in total. The lowest BCUT2D eigenvalue weighted by atomic mass is 9.75. The van der Waals surface area contributed by atoms with Crippen LogP contribution >= 0.6 is 34.8 Å². The maximum Gasteiger partial charge on any atom is 0.266 e. The first kappa shape index (κ1) is 47.9. The highest BCUT2D eigenvalue weighted by atomic mass is 35.5. The Morgan fingerprint density at radius 3 is 1.22 bits per heavy atom. The molecule has 74 heavy (non-hydrogen) atoms. The van der Waals surface area contributed by atoms with Gasteiger partial charge in [-0.1, -0.05) is 87.7 Å². The summed E-state index contributed by atoms with van der Waals surface area (Å²) >= 11 is 22.3. The van der Waals surface area contributed by atoms with Crippen LogP contribution in [0.5, 0.6) is 23.0 Å². The monoisotopic (exact) mass is 1050 g/mol.